The molecule has 0 amide bonds. The van der Waals surface area contributed by atoms with Crippen molar-refractivity contribution in [3.63, 3.8) is 0 Å². The number of nitrogens with two attached hydrogens (primary N) is 1. The van der Waals surface area contributed by atoms with Crippen LogP contribution in [0.15, 0.2) is 11.0 Å². The lowest BCUT2D eigenvalue weighted by atomic mass is 9.53. The SMILES string of the molecule is O=c1c(Cl)c(N2CC[NH2+]CC2)cnn1C12CC3CC(CC(C3)C1)C2. The topological polar surface area (TPSA) is 54.7 Å². The normalized spacial score (nSPS) is 37.9. The van der Waals surface area contributed by atoms with Gasteiger partial charge in [0.2, 0.25) is 0 Å². The van der Waals surface area contributed by atoms with E-state index in [1.807, 2.05) is 6.20 Å². The molecule has 5 aliphatic rings. The predicted octanol–water partition coefficient (Wildman–Crippen LogP) is 1.21. The van der Waals surface area contributed by atoms with Crippen LogP contribution < -0.4 is 15.8 Å². The average Bonchev–Trinajstić information content (AvgIpc) is 2.56. The van der Waals surface area contributed by atoms with Crippen molar-refractivity contribution in [2.24, 2.45) is 17.8 Å². The van der Waals surface area contributed by atoms with Crippen LogP contribution in [-0.4, -0.2) is 36.0 Å². The van der Waals surface area contributed by atoms with Gasteiger partial charge in [0.25, 0.3) is 5.56 Å². The van der Waals surface area contributed by atoms with Gasteiger partial charge in [-0.25, -0.2) is 4.68 Å². The molecule has 0 spiro atoms. The summed E-state index contributed by atoms with van der Waals surface area (Å²) >= 11 is 6.55. The fraction of sp³-hybridized carbons (Fsp3) is 0.778. The summed E-state index contributed by atoms with van der Waals surface area (Å²) in [6.07, 6.45) is 9.33. The first kappa shape index (κ1) is 15.2. The van der Waals surface area contributed by atoms with Crippen molar-refractivity contribution < 1.29 is 5.32 Å². The van der Waals surface area contributed by atoms with E-state index in [1.165, 1.54) is 19.3 Å². The van der Waals surface area contributed by atoms with Gasteiger partial charge in [0, 0.05) is 0 Å². The molecule has 5 fully saturated rings. The molecular weight excluding hydrogens is 324 g/mol. The van der Waals surface area contributed by atoms with Gasteiger partial charge in [0.15, 0.2) is 0 Å². The molecule has 2 N–H and O–H groups in total. The van der Waals surface area contributed by atoms with E-state index in [1.54, 1.807) is 4.68 Å². The van der Waals surface area contributed by atoms with Crippen LogP contribution in [0.5, 0.6) is 0 Å². The molecule has 24 heavy (non-hydrogen) atoms. The van der Waals surface area contributed by atoms with Gasteiger partial charge in [-0.15, -0.1) is 0 Å². The van der Waals surface area contributed by atoms with Crippen LogP contribution in [0.2, 0.25) is 5.02 Å². The third-order valence-electron chi connectivity index (χ3n) is 6.90. The van der Waals surface area contributed by atoms with E-state index < -0.39 is 0 Å². The van der Waals surface area contributed by atoms with E-state index in [9.17, 15) is 4.79 Å². The second-order valence-electron chi connectivity index (χ2n) is 8.56. The number of hydrogen-bond donors (Lipinski definition) is 1. The van der Waals surface area contributed by atoms with Crippen LogP contribution in [0, 0.1) is 17.8 Å². The molecule has 0 atom stereocenters. The molecule has 1 aromatic heterocycles. The van der Waals surface area contributed by atoms with Crippen molar-refractivity contribution in [3.05, 3.63) is 21.6 Å². The van der Waals surface area contributed by atoms with Crippen molar-refractivity contribution in [3.8, 4) is 0 Å². The summed E-state index contributed by atoms with van der Waals surface area (Å²) in [5, 5.41) is 7.35. The molecule has 1 aromatic rings. The zero-order valence-corrected chi connectivity index (χ0v) is 14.8. The van der Waals surface area contributed by atoms with Crippen molar-refractivity contribution in [2.75, 3.05) is 31.1 Å². The highest BCUT2D eigenvalue weighted by atomic mass is 35.5. The number of hydrogen-bond acceptors (Lipinski definition) is 3. The van der Waals surface area contributed by atoms with Crippen molar-refractivity contribution in [1.29, 1.82) is 0 Å². The van der Waals surface area contributed by atoms with E-state index in [0.29, 0.717) is 5.02 Å². The highest BCUT2D eigenvalue weighted by molar-refractivity contribution is 6.33. The molecule has 1 saturated heterocycles. The molecular formula is C18H26ClN4O+. The summed E-state index contributed by atoms with van der Waals surface area (Å²) in [7, 11) is 0. The van der Waals surface area contributed by atoms with Gasteiger partial charge in [-0.2, -0.15) is 5.10 Å². The fourth-order valence-corrected chi connectivity index (χ4v) is 6.55. The number of rotatable bonds is 2. The summed E-state index contributed by atoms with van der Waals surface area (Å²) < 4.78 is 1.79. The van der Waals surface area contributed by atoms with E-state index >= 15 is 0 Å². The maximum atomic E-state index is 13.1. The monoisotopic (exact) mass is 349 g/mol. The number of piperazine rings is 1. The van der Waals surface area contributed by atoms with E-state index in [-0.39, 0.29) is 11.1 Å². The maximum absolute atomic E-state index is 13.1. The molecule has 6 rings (SSSR count). The largest absolute Gasteiger partial charge is 0.358 e. The van der Waals surface area contributed by atoms with Gasteiger partial charge in [-0.05, 0) is 56.3 Å². The number of halogens is 1. The van der Waals surface area contributed by atoms with Crippen molar-refractivity contribution >= 4 is 17.3 Å². The second-order valence-corrected chi connectivity index (χ2v) is 8.93. The Bertz CT molecular complexity index is 674. The molecule has 4 aliphatic carbocycles. The Balaban J connectivity index is 1.53. The Labute approximate surface area is 147 Å². The smallest absolute Gasteiger partial charge is 0.288 e. The first-order valence-electron chi connectivity index (χ1n) is 9.49. The van der Waals surface area contributed by atoms with Crippen LogP contribution in [0.25, 0.3) is 0 Å². The lowest BCUT2D eigenvalue weighted by molar-refractivity contribution is -0.655. The summed E-state index contributed by atoms with van der Waals surface area (Å²) in [4.78, 5) is 15.3. The van der Waals surface area contributed by atoms with Crippen molar-refractivity contribution in [2.45, 2.75) is 44.1 Å². The molecule has 0 radical (unpaired) electrons. The minimum atomic E-state index is -0.0642. The van der Waals surface area contributed by atoms with Crippen molar-refractivity contribution in [1.82, 2.24) is 9.78 Å². The van der Waals surface area contributed by atoms with E-state index in [0.717, 1.165) is 68.9 Å². The number of nitrogens with zero attached hydrogens (tertiary/aromatic N) is 3. The first-order chi connectivity index (χ1) is 11.6. The summed E-state index contributed by atoms with van der Waals surface area (Å²) in [6.45, 7) is 3.97. The van der Waals surface area contributed by atoms with Crippen LogP contribution in [0.4, 0.5) is 5.69 Å². The molecule has 2 heterocycles. The Kier molecular flexibility index (Phi) is 3.46. The van der Waals surface area contributed by atoms with Gasteiger partial charge in [-0.3, -0.25) is 4.79 Å². The molecule has 5 nitrogen and oxygen atoms in total. The minimum Gasteiger partial charge on any atom is -0.358 e. The Hall–Kier alpha value is -1.07. The lowest BCUT2D eigenvalue weighted by Crippen LogP contribution is -2.89. The first-order valence-corrected chi connectivity index (χ1v) is 9.87. The zero-order valence-electron chi connectivity index (χ0n) is 14.1. The Morgan fingerprint density at radius 2 is 1.67 bits per heavy atom. The third kappa shape index (κ3) is 2.24. The number of quaternary nitrogens is 1. The van der Waals surface area contributed by atoms with E-state index in [2.05, 4.69) is 15.3 Å². The highest BCUT2D eigenvalue weighted by Gasteiger charge is 2.53. The maximum Gasteiger partial charge on any atom is 0.288 e. The third-order valence-corrected chi connectivity index (χ3v) is 7.26. The van der Waals surface area contributed by atoms with Crippen LogP contribution >= 0.6 is 11.6 Å². The minimum absolute atomic E-state index is 0.0519. The number of aromatic nitrogens is 2. The van der Waals surface area contributed by atoms with Gasteiger partial charge in [-0.1, -0.05) is 11.6 Å². The highest BCUT2D eigenvalue weighted by Crippen LogP contribution is 2.58. The molecule has 1 aliphatic heterocycles. The van der Waals surface area contributed by atoms with E-state index in [4.69, 9.17) is 11.6 Å². The van der Waals surface area contributed by atoms with Gasteiger partial charge >= 0.3 is 0 Å². The van der Waals surface area contributed by atoms with Gasteiger partial charge in [0.05, 0.1) is 43.6 Å². The molecule has 0 aromatic carbocycles. The quantitative estimate of drug-likeness (QED) is 0.873. The molecule has 6 heteroatoms. The van der Waals surface area contributed by atoms with Crippen LogP contribution in [0.3, 0.4) is 0 Å². The zero-order chi connectivity index (χ0) is 16.3. The summed E-state index contributed by atoms with van der Waals surface area (Å²) in [5.41, 5.74) is 0.713. The Morgan fingerprint density at radius 3 is 2.25 bits per heavy atom. The van der Waals surface area contributed by atoms with Gasteiger partial charge < -0.3 is 10.2 Å². The molecule has 0 unspecified atom stereocenters. The van der Waals surface area contributed by atoms with Crippen LogP contribution in [-0.2, 0) is 5.54 Å². The summed E-state index contributed by atoms with van der Waals surface area (Å²) in [5.74, 6) is 2.38. The standard InChI is InChI=1S/C18H25ClN4O/c19-16-15(22-3-1-20-2-4-22)11-21-23(17(16)24)18-8-12-5-13(9-18)7-14(6-12)10-18/h11-14,20H,1-10H2/p+1. The Morgan fingerprint density at radius 1 is 1.08 bits per heavy atom. The summed E-state index contributed by atoms with van der Waals surface area (Å²) in [6, 6.07) is 0. The van der Waals surface area contributed by atoms with Crippen LogP contribution in [0.1, 0.15) is 38.5 Å². The molecule has 4 bridgehead atoms. The average molecular weight is 350 g/mol. The lowest BCUT2D eigenvalue weighted by Gasteiger charge is -2.56. The number of anilines is 1. The fourth-order valence-electron chi connectivity index (χ4n) is 6.30. The predicted molar refractivity (Wildman–Crippen MR) is 93.5 cm³/mol. The molecule has 4 saturated carbocycles. The van der Waals surface area contributed by atoms with Gasteiger partial charge in [0.1, 0.15) is 5.02 Å². The second kappa shape index (κ2) is 5.46. The molecule has 130 valence electrons.